The van der Waals surface area contributed by atoms with Crippen molar-refractivity contribution >= 4 is 17.8 Å². The predicted octanol–water partition coefficient (Wildman–Crippen LogP) is 5.82. The van der Waals surface area contributed by atoms with Crippen molar-refractivity contribution in [3.05, 3.63) is 0 Å². The van der Waals surface area contributed by atoms with Crippen LogP contribution in [0.3, 0.4) is 0 Å². The first kappa shape index (κ1) is 34.4. The second-order valence-corrected chi connectivity index (χ2v) is 12.2. The molecule has 1 fully saturated rings. The van der Waals surface area contributed by atoms with Crippen molar-refractivity contribution in [3.8, 4) is 0 Å². The highest BCUT2D eigenvalue weighted by atomic mass is 16.7. The van der Waals surface area contributed by atoms with E-state index in [-0.39, 0.29) is 23.8 Å². The Morgan fingerprint density at radius 2 is 1.53 bits per heavy atom. The van der Waals surface area contributed by atoms with E-state index in [0.29, 0.717) is 26.0 Å². The standard InChI is InChI=1S/C30H56N2O6/c1-8-11-12-13-14-15-16-19-30(9-2,10-3)27(36)31-20-17-18-23(26(34)35)21-32-25(33)24-28(4,5)22-37-29(6,7)38-24/h23-24H,8-22H2,1-7H3,(H,31,36)(H,32,33)(H,34,35). The van der Waals surface area contributed by atoms with Gasteiger partial charge in [0.15, 0.2) is 5.79 Å². The molecule has 1 saturated heterocycles. The van der Waals surface area contributed by atoms with E-state index in [9.17, 15) is 19.5 Å². The Morgan fingerprint density at radius 1 is 0.921 bits per heavy atom. The summed E-state index contributed by atoms with van der Waals surface area (Å²) in [4.78, 5) is 37.8. The van der Waals surface area contributed by atoms with Crippen LogP contribution in [0.25, 0.3) is 0 Å². The normalized spacial score (nSPS) is 19.5. The van der Waals surface area contributed by atoms with Gasteiger partial charge in [-0.25, -0.2) is 0 Å². The summed E-state index contributed by atoms with van der Waals surface area (Å²) in [6, 6.07) is 0. The Kier molecular flexibility index (Phi) is 14.9. The number of carbonyl (C=O) groups is 3. The van der Waals surface area contributed by atoms with Gasteiger partial charge in [-0.05, 0) is 46.0 Å². The number of rotatable bonds is 19. The van der Waals surface area contributed by atoms with E-state index in [1.54, 1.807) is 13.8 Å². The van der Waals surface area contributed by atoms with Crippen LogP contribution in [0.2, 0.25) is 0 Å². The fourth-order valence-electron chi connectivity index (χ4n) is 5.15. The van der Waals surface area contributed by atoms with E-state index in [4.69, 9.17) is 9.47 Å². The predicted molar refractivity (Wildman–Crippen MR) is 151 cm³/mol. The molecule has 1 aliphatic heterocycles. The van der Waals surface area contributed by atoms with E-state index in [0.717, 1.165) is 25.7 Å². The van der Waals surface area contributed by atoms with Gasteiger partial charge >= 0.3 is 5.97 Å². The lowest BCUT2D eigenvalue weighted by Crippen LogP contribution is -2.57. The minimum atomic E-state index is -0.959. The molecule has 38 heavy (non-hydrogen) atoms. The lowest BCUT2D eigenvalue weighted by Gasteiger charge is -2.44. The molecule has 0 bridgehead atoms. The van der Waals surface area contributed by atoms with Gasteiger partial charge in [0.1, 0.15) is 6.10 Å². The van der Waals surface area contributed by atoms with Gasteiger partial charge in [0.05, 0.1) is 12.5 Å². The number of ether oxygens (including phenoxy) is 2. The number of nitrogens with one attached hydrogen (secondary N) is 2. The van der Waals surface area contributed by atoms with Crippen LogP contribution < -0.4 is 10.6 Å². The Hall–Kier alpha value is -1.67. The number of carbonyl (C=O) groups excluding carboxylic acids is 2. The number of carboxylic acid groups (broad SMARTS) is 1. The Labute approximate surface area is 231 Å². The van der Waals surface area contributed by atoms with Crippen molar-refractivity contribution in [1.29, 1.82) is 0 Å². The van der Waals surface area contributed by atoms with Gasteiger partial charge in [-0.15, -0.1) is 0 Å². The monoisotopic (exact) mass is 540 g/mol. The molecule has 0 aliphatic carbocycles. The summed E-state index contributed by atoms with van der Waals surface area (Å²) >= 11 is 0. The van der Waals surface area contributed by atoms with Crippen LogP contribution in [0, 0.1) is 16.7 Å². The van der Waals surface area contributed by atoms with Crippen molar-refractivity contribution < 1.29 is 29.0 Å². The van der Waals surface area contributed by atoms with Crippen molar-refractivity contribution in [2.75, 3.05) is 19.7 Å². The third-order valence-corrected chi connectivity index (χ3v) is 8.12. The number of hydrogen-bond donors (Lipinski definition) is 3. The van der Waals surface area contributed by atoms with Crippen molar-refractivity contribution in [2.45, 2.75) is 137 Å². The molecule has 1 rings (SSSR count). The molecule has 1 heterocycles. The van der Waals surface area contributed by atoms with E-state index < -0.39 is 29.2 Å². The maximum atomic E-state index is 13.1. The first-order chi connectivity index (χ1) is 17.8. The molecule has 2 amide bonds. The van der Waals surface area contributed by atoms with E-state index in [1.165, 1.54) is 38.5 Å². The molecular formula is C30H56N2O6. The summed E-state index contributed by atoms with van der Waals surface area (Å²) in [5.74, 6) is -2.81. The fraction of sp³-hybridized carbons (Fsp3) is 0.900. The van der Waals surface area contributed by atoms with Crippen molar-refractivity contribution in [1.82, 2.24) is 10.6 Å². The molecule has 0 aromatic rings. The second kappa shape index (κ2) is 16.4. The molecule has 2 atom stereocenters. The first-order valence-electron chi connectivity index (χ1n) is 14.9. The van der Waals surface area contributed by atoms with Crippen LogP contribution in [-0.2, 0) is 23.9 Å². The third-order valence-electron chi connectivity index (χ3n) is 8.12. The number of unbranched alkanes of at least 4 members (excludes halogenated alkanes) is 6. The summed E-state index contributed by atoms with van der Waals surface area (Å²) in [7, 11) is 0. The van der Waals surface area contributed by atoms with Gasteiger partial charge in [-0.3, -0.25) is 14.4 Å². The molecule has 1 aliphatic rings. The first-order valence-corrected chi connectivity index (χ1v) is 14.9. The molecule has 0 saturated carbocycles. The lowest BCUT2D eigenvalue weighted by molar-refractivity contribution is -0.304. The van der Waals surface area contributed by atoms with Crippen LogP contribution in [0.5, 0.6) is 0 Å². The van der Waals surface area contributed by atoms with E-state index >= 15 is 0 Å². The molecule has 8 nitrogen and oxygen atoms in total. The fourth-order valence-corrected chi connectivity index (χ4v) is 5.15. The molecule has 8 heteroatoms. The molecule has 222 valence electrons. The molecule has 0 spiro atoms. The maximum absolute atomic E-state index is 13.1. The van der Waals surface area contributed by atoms with Crippen LogP contribution in [0.15, 0.2) is 0 Å². The van der Waals surface area contributed by atoms with Crippen molar-refractivity contribution in [3.63, 3.8) is 0 Å². The summed E-state index contributed by atoms with van der Waals surface area (Å²) in [5, 5.41) is 15.5. The molecule has 3 N–H and O–H groups in total. The zero-order chi connectivity index (χ0) is 28.8. The van der Waals surface area contributed by atoms with E-state index in [2.05, 4.69) is 31.4 Å². The average molecular weight is 541 g/mol. The van der Waals surface area contributed by atoms with Gasteiger partial charge in [-0.2, -0.15) is 0 Å². The minimum absolute atomic E-state index is 0.0193. The van der Waals surface area contributed by atoms with Gasteiger partial charge in [0.25, 0.3) is 0 Å². The highest BCUT2D eigenvalue weighted by Gasteiger charge is 2.45. The van der Waals surface area contributed by atoms with Gasteiger partial charge in [-0.1, -0.05) is 79.6 Å². The highest BCUT2D eigenvalue weighted by Crippen LogP contribution is 2.35. The van der Waals surface area contributed by atoms with Gasteiger partial charge in [0.2, 0.25) is 11.8 Å². The minimum Gasteiger partial charge on any atom is -0.481 e. The van der Waals surface area contributed by atoms with Crippen LogP contribution in [-0.4, -0.2) is 54.5 Å². The van der Waals surface area contributed by atoms with Gasteiger partial charge < -0.3 is 25.2 Å². The third kappa shape index (κ3) is 11.2. The Balaban J connectivity index is 2.50. The number of amides is 2. The largest absolute Gasteiger partial charge is 0.481 e. The summed E-state index contributed by atoms with van der Waals surface area (Å²) in [6.45, 7) is 14.5. The molecule has 0 aromatic carbocycles. The van der Waals surface area contributed by atoms with Crippen LogP contribution in [0.1, 0.15) is 126 Å². The Bertz CT molecular complexity index is 732. The smallest absolute Gasteiger partial charge is 0.308 e. The summed E-state index contributed by atoms with van der Waals surface area (Å²) in [6.07, 6.45) is 11.2. The SMILES string of the molecule is CCCCCCCCCC(CC)(CC)C(=O)NCCCC(CNC(=O)C1OC(C)(C)OCC1(C)C)C(=O)O. The number of carboxylic acids is 1. The molecular weight excluding hydrogens is 484 g/mol. The maximum Gasteiger partial charge on any atom is 0.308 e. The number of hydrogen-bond acceptors (Lipinski definition) is 5. The molecule has 0 aromatic heterocycles. The lowest BCUT2D eigenvalue weighted by atomic mass is 9.76. The van der Waals surface area contributed by atoms with Gasteiger partial charge in [0, 0.05) is 23.9 Å². The summed E-state index contributed by atoms with van der Waals surface area (Å²) in [5.41, 5.74) is -0.878. The zero-order valence-electron chi connectivity index (χ0n) is 25.2. The second-order valence-electron chi connectivity index (χ2n) is 12.2. The Morgan fingerprint density at radius 3 is 2.11 bits per heavy atom. The molecule has 2 unspecified atom stereocenters. The van der Waals surface area contributed by atoms with E-state index in [1.807, 2.05) is 13.8 Å². The zero-order valence-corrected chi connectivity index (χ0v) is 25.2. The quantitative estimate of drug-likeness (QED) is 0.178. The molecule has 0 radical (unpaired) electrons. The van der Waals surface area contributed by atoms with Crippen LogP contribution in [0.4, 0.5) is 0 Å². The number of aliphatic carboxylic acids is 1. The summed E-state index contributed by atoms with van der Waals surface area (Å²) < 4.78 is 11.5. The van der Waals surface area contributed by atoms with Crippen molar-refractivity contribution in [2.24, 2.45) is 16.7 Å². The highest BCUT2D eigenvalue weighted by molar-refractivity contribution is 5.83. The average Bonchev–Trinajstić information content (AvgIpc) is 2.86. The van der Waals surface area contributed by atoms with Crippen LogP contribution >= 0.6 is 0 Å². The topological polar surface area (TPSA) is 114 Å².